The summed E-state index contributed by atoms with van der Waals surface area (Å²) in [5.41, 5.74) is -0.241. The summed E-state index contributed by atoms with van der Waals surface area (Å²) in [6.07, 6.45) is -2.30. The van der Waals surface area contributed by atoms with Gasteiger partial charge in [-0.25, -0.2) is 0 Å². The van der Waals surface area contributed by atoms with Gasteiger partial charge < -0.3 is 10.4 Å². The molecule has 0 atom stereocenters. The van der Waals surface area contributed by atoms with Gasteiger partial charge in [0.05, 0.1) is 11.8 Å². The van der Waals surface area contributed by atoms with Gasteiger partial charge in [0.1, 0.15) is 12.3 Å². The molecule has 0 aliphatic heterocycles. The highest BCUT2D eigenvalue weighted by Crippen LogP contribution is 2.15. The Morgan fingerprint density at radius 1 is 1.53 bits per heavy atom. The fraction of sp³-hybridized carbons (Fsp3) is 0.250. The standard InChI is InChI=1S/C8H7F3N2O2/c9-8(10,11)4-13-7(15)5-1-2-12-3-6(5)14/h1-3,14H,4H2,(H,13,15). The highest BCUT2D eigenvalue weighted by atomic mass is 19.4. The van der Waals surface area contributed by atoms with E-state index in [0.717, 1.165) is 12.3 Å². The number of nitrogens with one attached hydrogen (secondary N) is 1. The van der Waals surface area contributed by atoms with Gasteiger partial charge in [-0.2, -0.15) is 13.2 Å². The molecule has 4 nitrogen and oxygen atoms in total. The van der Waals surface area contributed by atoms with Gasteiger partial charge in [-0.05, 0) is 6.07 Å². The maximum Gasteiger partial charge on any atom is 0.405 e. The Morgan fingerprint density at radius 3 is 2.73 bits per heavy atom. The Kier molecular flexibility index (Phi) is 3.13. The first kappa shape index (κ1) is 11.3. The Morgan fingerprint density at radius 2 is 2.20 bits per heavy atom. The molecular formula is C8H7F3N2O2. The number of hydrogen-bond donors (Lipinski definition) is 2. The van der Waals surface area contributed by atoms with Crippen LogP contribution in [0, 0.1) is 0 Å². The van der Waals surface area contributed by atoms with Crippen LogP contribution >= 0.6 is 0 Å². The second-order valence-corrected chi connectivity index (χ2v) is 2.69. The highest BCUT2D eigenvalue weighted by Gasteiger charge is 2.28. The van der Waals surface area contributed by atoms with Gasteiger partial charge in [0.2, 0.25) is 0 Å². The smallest absolute Gasteiger partial charge is 0.405 e. The van der Waals surface area contributed by atoms with Crippen LogP contribution in [-0.4, -0.2) is 28.7 Å². The largest absolute Gasteiger partial charge is 0.505 e. The van der Waals surface area contributed by atoms with Crippen LogP contribution < -0.4 is 5.32 Å². The number of nitrogens with zero attached hydrogens (tertiary/aromatic N) is 1. The molecule has 0 saturated carbocycles. The fourth-order valence-electron chi connectivity index (χ4n) is 0.854. The van der Waals surface area contributed by atoms with Crippen molar-refractivity contribution in [3.8, 4) is 5.75 Å². The van der Waals surface area contributed by atoms with E-state index in [1.165, 1.54) is 6.20 Å². The molecule has 1 heterocycles. The summed E-state index contributed by atoms with van der Waals surface area (Å²) in [7, 11) is 0. The molecule has 0 aromatic carbocycles. The zero-order valence-electron chi connectivity index (χ0n) is 7.38. The monoisotopic (exact) mass is 220 g/mol. The number of carbonyl (C=O) groups excluding carboxylic acids is 1. The molecule has 1 amide bonds. The van der Waals surface area contributed by atoms with Gasteiger partial charge in [-0.3, -0.25) is 9.78 Å². The Bertz CT molecular complexity index is 365. The minimum absolute atomic E-state index is 0.241. The van der Waals surface area contributed by atoms with Crippen molar-refractivity contribution in [1.29, 1.82) is 0 Å². The van der Waals surface area contributed by atoms with Crippen molar-refractivity contribution >= 4 is 5.91 Å². The number of aromatic nitrogens is 1. The van der Waals surface area contributed by atoms with E-state index < -0.39 is 24.4 Å². The number of rotatable bonds is 2. The molecule has 0 saturated heterocycles. The number of amides is 1. The van der Waals surface area contributed by atoms with Crippen molar-refractivity contribution in [3.63, 3.8) is 0 Å². The third-order valence-corrected chi connectivity index (χ3v) is 1.49. The molecule has 0 aliphatic rings. The second kappa shape index (κ2) is 4.16. The van der Waals surface area contributed by atoms with E-state index in [9.17, 15) is 18.0 Å². The van der Waals surface area contributed by atoms with Crippen molar-refractivity contribution in [1.82, 2.24) is 10.3 Å². The molecule has 82 valence electrons. The number of alkyl halides is 3. The first-order valence-corrected chi connectivity index (χ1v) is 3.88. The topological polar surface area (TPSA) is 62.2 Å². The predicted octanol–water partition coefficient (Wildman–Crippen LogP) is 1.08. The molecule has 1 aromatic rings. The number of aromatic hydroxyl groups is 1. The van der Waals surface area contributed by atoms with Crippen LogP contribution in [0.5, 0.6) is 5.75 Å². The number of halogens is 3. The first-order valence-electron chi connectivity index (χ1n) is 3.88. The van der Waals surface area contributed by atoms with Gasteiger partial charge in [0.25, 0.3) is 5.91 Å². The van der Waals surface area contributed by atoms with Crippen LogP contribution in [0.25, 0.3) is 0 Å². The average molecular weight is 220 g/mol. The summed E-state index contributed by atoms with van der Waals surface area (Å²) in [6.45, 7) is -1.44. The van der Waals surface area contributed by atoms with Crippen LogP contribution in [0.2, 0.25) is 0 Å². The Labute approximate surface area is 82.7 Å². The van der Waals surface area contributed by atoms with E-state index in [0.29, 0.717) is 0 Å². The van der Waals surface area contributed by atoms with Crippen LogP contribution in [0.15, 0.2) is 18.5 Å². The number of pyridine rings is 1. The molecule has 0 bridgehead atoms. The second-order valence-electron chi connectivity index (χ2n) is 2.69. The molecular weight excluding hydrogens is 213 g/mol. The molecule has 0 fully saturated rings. The lowest BCUT2D eigenvalue weighted by Crippen LogP contribution is -2.33. The number of hydrogen-bond acceptors (Lipinski definition) is 3. The molecule has 0 unspecified atom stereocenters. The zero-order valence-corrected chi connectivity index (χ0v) is 7.38. The molecule has 2 N–H and O–H groups in total. The minimum atomic E-state index is -4.47. The summed E-state index contributed by atoms with van der Waals surface area (Å²) in [5.74, 6) is -1.45. The van der Waals surface area contributed by atoms with E-state index in [4.69, 9.17) is 5.11 Å². The van der Waals surface area contributed by atoms with E-state index in [-0.39, 0.29) is 5.56 Å². The van der Waals surface area contributed by atoms with E-state index in [1.807, 2.05) is 0 Å². The van der Waals surface area contributed by atoms with Gasteiger partial charge in [0.15, 0.2) is 0 Å². The lowest BCUT2D eigenvalue weighted by Gasteiger charge is -2.08. The summed E-state index contributed by atoms with van der Waals surface area (Å²) < 4.78 is 35.2. The first-order chi connectivity index (χ1) is 6.90. The summed E-state index contributed by atoms with van der Waals surface area (Å²) >= 11 is 0. The SMILES string of the molecule is O=C(NCC(F)(F)F)c1ccncc1O. The van der Waals surface area contributed by atoms with Crippen molar-refractivity contribution in [3.05, 3.63) is 24.0 Å². The molecule has 15 heavy (non-hydrogen) atoms. The third kappa shape index (κ3) is 3.45. The van der Waals surface area contributed by atoms with Gasteiger partial charge in [-0.15, -0.1) is 0 Å². The number of carbonyl (C=O) groups is 1. The molecule has 7 heteroatoms. The van der Waals surface area contributed by atoms with Crippen LogP contribution in [-0.2, 0) is 0 Å². The average Bonchev–Trinajstić information content (AvgIpc) is 2.14. The molecule has 0 aliphatic carbocycles. The maximum atomic E-state index is 11.7. The summed E-state index contributed by atoms with van der Waals surface area (Å²) in [4.78, 5) is 14.6. The summed E-state index contributed by atoms with van der Waals surface area (Å²) in [5, 5.41) is 10.7. The van der Waals surface area contributed by atoms with Crippen molar-refractivity contribution in [2.75, 3.05) is 6.54 Å². The molecule has 1 rings (SSSR count). The normalized spacial score (nSPS) is 11.1. The van der Waals surface area contributed by atoms with Gasteiger partial charge in [-0.1, -0.05) is 0 Å². The highest BCUT2D eigenvalue weighted by molar-refractivity contribution is 5.96. The van der Waals surface area contributed by atoms with E-state index in [2.05, 4.69) is 4.98 Å². The van der Waals surface area contributed by atoms with E-state index >= 15 is 0 Å². The van der Waals surface area contributed by atoms with Gasteiger partial charge in [0, 0.05) is 6.20 Å². The third-order valence-electron chi connectivity index (χ3n) is 1.49. The lowest BCUT2D eigenvalue weighted by atomic mass is 10.2. The van der Waals surface area contributed by atoms with E-state index in [1.54, 1.807) is 5.32 Å². The zero-order chi connectivity index (χ0) is 11.5. The van der Waals surface area contributed by atoms with Crippen LogP contribution in [0.1, 0.15) is 10.4 Å². The fourth-order valence-corrected chi connectivity index (χ4v) is 0.854. The van der Waals surface area contributed by atoms with Crippen molar-refractivity contribution in [2.24, 2.45) is 0 Å². The Hall–Kier alpha value is -1.79. The van der Waals surface area contributed by atoms with Gasteiger partial charge >= 0.3 is 6.18 Å². The molecule has 0 radical (unpaired) electrons. The summed E-state index contributed by atoms with van der Waals surface area (Å²) in [6, 6.07) is 1.13. The Balaban J connectivity index is 2.66. The predicted molar refractivity (Wildman–Crippen MR) is 44.3 cm³/mol. The molecule has 0 spiro atoms. The minimum Gasteiger partial charge on any atom is -0.505 e. The van der Waals surface area contributed by atoms with Crippen LogP contribution in [0.3, 0.4) is 0 Å². The van der Waals surface area contributed by atoms with Crippen molar-refractivity contribution < 1.29 is 23.1 Å². The quantitative estimate of drug-likeness (QED) is 0.783. The van der Waals surface area contributed by atoms with Crippen LogP contribution in [0.4, 0.5) is 13.2 Å². The van der Waals surface area contributed by atoms with Crippen molar-refractivity contribution in [2.45, 2.75) is 6.18 Å². The lowest BCUT2D eigenvalue weighted by molar-refractivity contribution is -0.123. The maximum absolute atomic E-state index is 11.7. The molecule has 1 aromatic heterocycles.